The van der Waals surface area contributed by atoms with E-state index in [1.165, 1.54) is 11.3 Å². The van der Waals surface area contributed by atoms with E-state index in [4.69, 9.17) is 17.3 Å². The third-order valence-electron chi connectivity index (χ3n) is 2.78. The fraction of sp³-hybridized carbons (Fsp3) is 0.308. The molecule has 0 aliphatic carbocycles. The lowest BCUT2D eigenvalue weighted by Gasteiger charge is -2.07. The molecule has 0 spiro atoms. The van der Waals surface area contributed by atoms with Crippen molar-refractivity contribution >= 4 is 11.6 Å². The van der Waals surface area contributed by atoms with Gasteiger partial charge in [-0.2, -0.15) is 5.10 Å². The average Bonchev–Trinajstić information content (AvgIpc) is 2.73. The van der Waals surface area contributed by atoms with Crippen molar-refractivity contribution in [3.63, 3.8) is 0 Å². The van der Waals surface area contributed by atoms with Crippen molar-refractivity contribution in [1.82, 2.24) is 9.78 Å². The van der Waals surface area contributed by atoms with Crippen LogP contribution >= 0.6 is 11.6 Å². The van der Waals surface area contributed by atoms with Gasteiger partial charge in [0, 0.05) is 10.7 Å². The van der Waals surface area contributed by atoms with Crippen LogP contribution in [0.4, 0.5) is 0 Å². The summed E-state index contributed by atoms with van der Waals surface area (Å²) in [4.78, 5) is 0. The first kappa shape index (κ1) is 12.1. The smallest absolute Gasteiger partial charge is 0.0649 e. The minimum absolute atomic E-state index is 0.652. The maximum Gasteiger partial charge on any atom is 0.0649 e. The predicted molar refractivity (Wildman–Crippen MR) is 70.7 cm³/mol. The molecule has 2 rings (SSSR count). The number of nitrogens with two attached hydrogens (primary N) is 1. The van der Waals surface area contributed by atoms with Gasteiger partial charge in [0.25, 0.3) is 0 Å². The molecule has 3 nitrogen and oxygen atoms in total. The van der Waals surface area contributed by atoms with E-state index in [1.807, 2.05) is 35.1 Å². The van der Waals surface area contributed by atoms with E-state index in [1.54, 1.807) is 0 Å². The lowest BCUT2D eigenvalue weighted by molar-refractivity contribution is 0.805. The van der Waals surface area contributed by atoms with Crippen LogP contribution in [0.15, 0.2) is 30.5 Å². The molecule has 0 amide bonds. The quantitative estimate of drug-likeness (QED) is 0.905. The molecule has 0 fully saturated rings. The van der Waals surface area contributed by atoms with E-state index in [0.29, 0.717) is 6.54 Å². The van der Waals surface area contributed by atoms with Gasteiger partial charge in [0.15, 0.2) is 0 Å². The molecule has 0 saturated heterocycles. The fourth-order valence-corrected chi connectivity index (χ4v) is 2.08. The Bertz CT molecular complexity index is 488. The maximum absolute atomic E-state index is 5.88. The summed E-state index contributed by atoms with van der Waals surface area (Å²) in [5, 5.41) is 5.16. The Morgan fingerprint density at radius 2 is 2.00 bits per heavy atom. The highest BCUT2D eigenvalue weighted by Crippen LogP contribution is 2.18. The molecule has 2 N–H and O–H groups in total. The maximum atomic E-state index is 5.88. The number of rotatable bonds is 4. The first-order chi connectivity index (χ1) is 8.26. The first-order valence-electron chi connectivity index (χ1n) is 5.78. The molecule has 0 atom stereocenters. The summed E-state index contributed by atoms with van der Waals surface area (Å²) >= 11 is 5.88. The van der Waals surface area contributed by atoms with E-state index in [9.17, 15) is 0 Å². The van der Waals surface area contributed by atoms with E-state index < -0.39 is 0 Å². The molecule has 1 aromatic heterocycles. The number of benzene rings is 1. The van der Waals surface area contributed by atoms with E-state index in [0.717, 1.165) is 23.6 Å². The van der Waals surface area contributed by atoms with Gasteiger partial charge in [0.2, 0.25) is 0 Å². The third kappa shape index (κ3) is 2.51. The summed E-state index contributed by atoms with van der Waals surface area (Å²) in [5.74, 6) is 0. The second kappa shape index (κ2) is 5.34. The van der Waals surface area contributed by atoms with Gasteiger partial charge in [-0.25, -0.2) is 4.68 Å². The highest BCUT2D eigenvalue weighted by Gasteiger charge is 2.09. The molecule has 1 heterocycles. The van der Waals surface area contributed by atoms with Crippen LogP contribution in [0.3, 0.4) is 0 Å². The summed E-state index contributed by atoms with van der Waals surface area (Å²) in [6.07, 6.45) is 3.72. The Labute approximate surface area is 106 Å². The first-order valence-corrected chi connectivity index (χ1v) is 6.15. The number of hydrogen-bond donors (Lipinski definition) is 1. The Hall–Kier alpha value is -1.32. The third-order valence-corrected chi connectivity index (χ3v) is 3.03. The van der Waals surface area contributed by atoms with Gasteiger partial charge in [-0.3, -0.25) is 0 Å². The molecular weight excluding hydrogens is 234 g/mol. The summed E-state index contributed by atoms with van der Waals surface area (Å²) < 4.78 is 1.96. The molecule has 90 valence electrons. The van der Waals surface area contributed by atoms with Gasteiger partial charge in [-0.15, -0.1) is 0 Å². The largest absolute Gasteiger partial charge is 0.330 e. The SMILES string of the molecule is CCc1c(CCN)cnn1-c1ccc(Cl)cc1. The van der Waals surface area contributed by atoms with Crippen LogP contribution in [0.2, 0.25) is 5.02 Å². The van der Waals surface area contributed by atoms with Gasteiger partial charge in [0.1, 0.15) is 0 Å². The summed E-state index contributed by atoms with van der Waals surface area (Å²) in [6, 6.07) is 7.70. The van der Waals surface area contributed by atoms with Gasteiger partial charge in [-0.1, -0.05) is 18.5 Å². The normalized spacial score (nSPS) is 10.8. The molecule has 0 saturated carbocycles. The van der Waals surface area contributed by atoms with Crippen molar-refractivity contribution < 1.29 is 0 Å². The molecule has 0 bridgehead atoms. The molecule has 1 aromatic carbocycles. The number of halogens is 1. The standard InChI is InChI=1S/C13H16ClN3/c1-2-13-10(7-8-15)9-16-17(13)12-5-3-11(14)4-6-12/h3-6,9H,2,7-8,15H2,1H3. The topological polar surface area (TPSA) is 43.8 Å². The minimum Gasteiger partial charge on any atom is -0.330 e. The van der Waals surface area contributed by atoms with Crippen molar-refractivity contribution in [2.45, 2.75) is 19.8 Å². The van der Waals surface area contributed by atoms with Crippen LogP contribution in [0.1, 0.15) is 18.2 Å². The van der Waals surface area contributed by atoms with Crippen molar-refractivity contribution in [2.24, 2.45) is 5.73 Å². The van der Waals surface area contributed by atoms with Crippen LogP contribution in [-0.4, -0.2) is 16.3 Å². The zero-order valence-corrected chi connectivity index (χ0v) is 10.6. The minimum atomic E-state index is 0.652. The molecule has 0 aliphatic heterocycles. The number of nitrogens with zero attached hydrogens (tertiary/aromatic N) is 2. The Morgan fingerprint density at radius 3 is 2.59 bits per heavy atom. The van der Waals surface area contributed by atoms with Crippen LogP contribution in [-0.2, 0) is 12.8 Å². The number of aromatic nitrogens is 2. The molecule has 0 unspecified atom stereocenters. The molecule has 2 aromatic rings. The van der Waals surface area contributed by atoms with Gasteiger partial charge in [0.05, 0.1) is 11.9 Å². The van der Waals surface area contributed by atoms with Crippen LogP contribution in [0.5, 0.6) is 0 Å². The zero-order chi connectivity index (χ0) is 12.3. The summed E-state index contributed by atoms with van der Waals surface area (Å²) in [7, 11) is 0. The molecular formula is C13H16ClN3. The van der Waals surface area contributed by atoms with Gasteiger partial charge >= 0.3 is 0 Å². The summed E-state index contributed by atoms with van der Waals surface area (Å²) in [5.41, 5.74) is 9.08. The molecule has 0 aliphatic rings. The second-order valence-corrected chi connectivity index (χ2v) is 4.33. The van der Waals surface area contributed by atoms with Crippen molar-refractivity contribution in [1.29, 1.82) is 0 Å². The molecule has 4 heteroatoms. The monoisotopic (exact) mass is 249 g/mol. The Morgan fingerprint density at radius 1 is 1.29 bits per heavy atom. The lowest BCUT2D eigenvalue weighted by atomic mass is 10.1. The van der Waals surface area contributed by atoms with Crippen molar-refractivity contribution in [3.05, 3.63) is 46.7 Å². The van der Waals surface area contributed by atoms with E-state index >= 15 is 0 Å². The number of hydrogen-bond acceptors (Lipinski definition) is 2. The Kier molecular flexibility index (Phi) is 3.82. The van der Waals surface area contributed by atoms with Crippen LogP contribution < -0.4 is 5.73 Å². The van der Waals surface area contributed by atoms with Crippen LogP contribution in [0.25, 0.3) is 5.69 Å². The van der Waals surface area contributed by atoms with E-state index in [2.05, 4.69) is 12.0 Å². The highest BCUT2D eigenvalue weighted by molar-refractivity contribution is 6.30. The lowest BCUT2D eigenvalue weighted by Crippen LogP contribution is -2.06. The van der Waals surface area contributed by atoms with Gasteiger partial charge in [-0.05, 0) is 49.2 Å². The average molecular weight is 250 g/mol. The Balaban J connectivity index is 2.41. The second-order valence-electron chi connectivity index (χ2n) is 3.90. The molecule has 17 heavy (non-hydrogen) atoms. The van der Waals surface area contributed by atoms with Crippen LogP contribution in [0, 0.1) is 0 Å². The van der Waals surface area contributed by atoms with Crippen molar-refractivity contribution in [3.8, 4) is 5.69 Å². The van der Waals surface area contributed by atoms with E-state index in [-0.39, 0.29) is 0 Å². The summed E-state index contributed by atoms with van der Waals surface area (Å²) in [6.45, 7) is 2.78. The highest BCUT2D eigenvalue weighted by atomic mass is 35.5. The molecule has 0 radical (unpaired) electrons. The zero-order valence-electron chi connectivity index (χ0n) is 9.86. The predicted octanol–water partition coefficient (Wildman–Crippen LogP) is 2.59. The van der Waals surface area contributed by atoms with Crippen molar-refractivity contribution in [2.75, 3.05) is 6.54 Å². The fourth-order valence-electron chi connectivity index (χ4n) is 1.95. The van der Waals surface area contributed by atoms with Gasteiger partial charge < -0.3 is 5.73 Å².